The summed E-state index contributed by atoms with van der Waals surface area (Å²) in [7, 11) is 0. The van der Waals surface area contributed by atoms with Crippen LogP contribution in [0.4, 0.5) is 0 Å². The standard InChI is InChI=1S/2C36H22N2O/c1-6-14-30-23(9-1)21-22-32(37-30)35-28-12-4-2-10-26(28)34(27-11-3-5-13-29(27)35)24-17-19-25(20-18-24)36-38-31-15-7-8-16-33(31)39-36;1-3-9-30-28(7-1)34(24-14-16-25(17-15-24)36-38-32-11-5-6-12-33(32)39-36)29-8-2-4-10-31(29)35(30)26-18-13-23-19-20-37-22-27(23)21-26/h2*1-22H. The van der Waals surface area contributed by atoms with Crippen molar-refractivity contribution in [2.75, 3.05) is 0 Å². The number of aromatic nitrogens is 4. The summed E-state index contributed by atoms with van der Waals surface area (Å²) in [6, 6.07) is 88.9. The summed E-state index contributed by atoms with van der Waals surface area (Å²) in [4.78, 5) is 18.8. The maximum Gasteiger partial charge on any atom is 0.227 e. The SMILES string of the molecule is c1ccc2nc(-c3c4ccccc4c(-c4ccc(-c5nc6ccccc6o5)cc4)c4ccccc34)ccc2c1.c1ccc2oc(-c3ccc(-c4c5ccccc5c(-c5ccc6ccncc6c5)c5ccccc45)cc3)nc2c1. The molecule has 0 aliphatic heterocycles. The maximum absolute atomic E-state index is 6.02. The van der Waals surface area contributed by atoms with Gasteiger partial charge in [-0.05, 0) is 155 Å². The Bertz CT molecular complexity index is 4480. The summed E-state index contributed by atoms with van der Waals surface area (Å²) in [5.41, 5.74) is 15.6. The summed E-state index contributed by atoms with van der Waals surface area (Å²) in [6.07, 6.45) is 3.78. The summed E-state index contributed by atoms with van der Waals surface area (Å²) in [5.74, 6) is 1.27. The molecule has 364 valence electrons. The molecule has 0 bridgehead atoms. The van der Waals surface area contributed by atoms with E-state index in [1.807, 2.05) is 67.0 Å². The van der Waals surface area contributed by atoms with Crippen LogP contribution in [0, 0.1) is 0 Å². The Morgan fingerprint density at radius 1 is 0.256 bits per heavy atom. The second-order valence-corrected chi connectivity index (χ2v) is 19.6. The molecule has 0 aliphatic carbocycles. The Labute approximate surface area is 448 Å². The number of benzene rings is 12. The molecule has 0 N–H and O–H groups in total. The van der Waals surface area contributed by atoms with E-state index in [1.165, 1.54) is 76.3 Å². The van der Waals surface area contributed by atoms with Crippen LogP contribution >= 0.6 is 0 Å². The summed E-state index contributed by atoms with van der Waals surface area (Å²) >= 11 is 0. The smallest absolute Gasteiger partial charge is 0.227 e. The third-order valence-corrected chi connectivity index (χ3v) is 15.1. The van der Waals surface area contributed by atoms with Gasteiger partial charge in [0.2, 0.25) is 11.8 Å². The molecule has 6 heteroatoms. The van der Waals surface area contributed by atoms with Crippen molar-refractivity contribution in [3.05, 3.63) is 267 Å². The molecule has 0 radical (unpaired) electrons. The van der Waals surface area contributed by atoms with Crippen LogP contribution in [0.1, 0.15) is 0 Å². The molecule has 0 saturated carbocycles. The highest BCUT2D eigenvalue weighted by atomic mass is 16.4. The molecule has 0 amide bonds. The van der Waals surface area contributed by atoms with Crippen LogP contribution in [0.5, 0.6) is 0 Å². The van der Waals surface area contributed by atoms with Crippen LogP contribution < -0.4 is 0 Å². The molecule has 4 heterocycles. The van der Waals surface area contributed by atoms with E-state index in [4.69, 9.17) is 13.8 Å². The van der Waals surface area contributed by atoms with E-state index < -0.39 is 0 Å². The second kappa shape index (κ2) is 18.7. The molecule has 0 saturated heterocycles. The van der Waals surface area contributed by atoms with Gasteiger partial charge in [0.15, 0.2) is 11.2 Å². The van der Waals surface area contributed by atoms with Gasteiger partial charge in [-0.1, -0.05) is 182 Å². The first-order chi connectivity index (χ1) is 38.7. The van der Waals surface area contributed by atoms with E-state index in [-0.39, 0.29) is 0 Å². The number of nitrogens with zero attached hydrogens (tertiary/aromatic N) is 4. The zero-order valence-electron chi connectivity index (χ0n) is 42.0. The topological polar surface area (TPSA) is 77.8 Å². The Kier molecular flexibility index (Phi) is 10.7. The van der Waals surface area contributed by atoms with E-state index in [1.54, 1.807) is 0 Å². The monoisotopic (exact) mass is 996 g/mol. The lowest BCUT2D eigenvalue weighted by molar-refractivity contribution is 0.619. The Balaban J connectivity index is 0.000000136. The summed E-state index contributed by atoms with van der Waals surface area (Å²) in [6.45, 7) is 0. The van der Waals surface area contributed by atoms with Gasteiger partial charge >= 0.3 is 0 Å². The number of rotatable bonds is 6. The van der Waals surface area contributed by atoms with Gasteiger partial charge in [-0.15, -0.1) is 0 Å². The van der Waals surface area contributed by atoms with Gasteiger partial charge in [-0.3, -0.25) is 4.98 Å². The van der Waals surface area contributed by atoms with Crippen LogP contribution in [0.3, 0.4) is 0 Å². The number of pyridine rings is 2. The lowest BCUT2D eigenvalue weighted by Gasteiger charge is -2.18. The van der Waals surface area contributed by atoms with Gasteiger partial charge in [-0.2, -0.15) is 0 Å². The highest BCUT2D eigenvalue weighted by Crippen LogP contribution is 2.46. The highest BCUT2D eigenvalue weighted by molar-refractivity contribution is 6.23. The van der Waals surface area contributed by atoms with Crippen LogP contribution in [-0.4, -0.2) is 19.9 Å². The van der Waals surface area contributed by atoms with Gasteiger partial charge in [-0.25, -0.2) is 15.0 Å². The van der Waals surface area contributed by atoms with Gasteiger partial charge in [0.1, 0.15) is 11.0 Å². The molecule has 0 fully saturated rings. The average molecular weight is 997 g/mol. The van der Waals surface area contributed by atoms with Crippen molar-refractivity contribution in [3.63, 3.8) is 0 Å². The average Bonchev–Trinajstić information content (AvgIpc) is 4.20. The molecule has 6 nitrogen and oxygen atoms in total. The number of hydrogen-bond acceptors (Lipinski definition) is 6. The van der Waals surface area contributed by atoms with E-state index in [0.29, 0.717) is 11.8 Å². The molecule has 16 rings (SSSR count). The predicted molar refractivity (Wildman–Crippen MR) is 321 cm³/mol. The zero-order valence-corrected chi connectivity index (χ0v) is 42.0. The van der Waals surface area contributed by atoms with Crippen molar-refractivity contribution in [2.24, 2.45) is 0 Å². The van der Waals surface area contributed by atoms with E-state index in [9.17, 15) is 0 Å². The lowest BCUT2D eigenvalue weighted by Crippen LogP contribution is -1.93. The fraction of sp³-hybridized carbons (Fsp3) is 0. The van der Waals surface area contributed by atoms with Crippen LogP contribution in [0.2, 0.25) is 0 Å². The van der Waals surface area contributed by atoms with Crippen LogP contribution in [0.15, 0.2) is 276 Å². The normalized spacial score (nSPS) is 11.6. The molecular weight excluding hydrogens is 953 g/mol. The predicted octanol–water partition coefficient (Wildman–Crippen LogP) is 19.4. The molecule has 78 heavy (non-hydrogen) atoms. The number of fused-ring (bicyclic) bond motifs is 8. The minimum atomic E-state index is 0.634. The van der Waals surface area contributed by atoms with E-state index in [0.717, 1.165) is 66.4 Å². The van der Waals surface area contributed by atoms with Crippen molar-refractivity contribution in [1.29, 1.82) is 0 Å². The van der Waals surface area contributed by atoms with Crippen molar-refractivity contribution in [3.8, 4) is 67.5 Å². The molecule has 12 aromatic carbocycles. The van der Waals surface area contributed by atoms with Crippen molar-refractivity contribution < 1.29 is 8.83 Å². The highest BCUT2D eigenvalue weighted by Gasteiger charge is 2.20. The molecule has 0 aliphatic rings. The largest absolute Gasteiger partial charge is 0.436 e. The minimum absolute atomic E-state index is 0.634. The van der Waals surface area contributed by atoms with E-state index in [2.05, 4.69) is 215 Å². The van der Waals surface area contributed by atoms with Crippen molar-refractivity contribution >= 4 is 87.0 Å². The Hall–Kier alpha value is -10.6. The van der Waals surface area contributed by atoms with Gasteiger partial charge < -0.3 is 8.83 Å². The van der Waals surface area contributed by atoms with Gasteiger partial charge in [0.05, 0.1) is 11.2 Å². The Morgan fingerprint density at radius 3 is 1.13 bits per heavy atom. The Morgan fingerprint density at radius 2 is 0.641 bits per heavy atom. The van der Waals surface area contributed by atoms with Crippen molar-refractivity contribution in [1.82, 2.24) is 19.9 Å². The molecule has 0 unspecified atom stereocenters. The quantitative estimate of drug-likeness (QED) is 0.154. The fourth-order valence-corrected chi connectivity index (χ4v) is 11.5. The first-order valence-corrected chi connectivity index (χ1v) is 26.2. The first kappa shape index (κ1) is 44.9. The third kappa shape index (κ3) is 7.73. The number of hydrogen-bond donors (Lipinski definition) is 0. The second-order valence-electron chi connectivity index (χ2n) is 19.6. The van der Waals surface area contributed by atoms with E-state index >= 15 is 0 Å². The van der Waals surface area contributed by atoms with Gasteiger partial charge in [0, 0.05) is 39.9 Å². The number of oxazole rings is 2. The molecule has 0 spiro atoms. The zero-order chi connectivity index (χ0) is 51.5. The minimum Gasteiger partial charge on any atom is -0.436 e. The first-order valence-electron chi connectivity index (χ1n) is 26.2. The molecule has 4 aromatic heterocycles. The molecule has 0 atom stereocenters. The van der Waals surface area contributed by atoms with Crippen LogP contribution in [0.25, 0.3) is 155 Å². The van der Waals surface area contributed by atoms with Crippen molar-refractivity contribution in [2.45, 2.75) is 0 Å². The summed E-state index contributed by atoms with van der Waals surface area (Å²) in [5, 5.41) is 13.2. The van der Waals surface area contributed by atoms with Crippen LogP contribution in [-0.2, 0) is 0 Å². The third-order valence-electron chi connectivity index (χ3n) is 15.1. The molecular formula is C72H44N4O2. The summed E-state index contributed by atoms with van der Waals surface area (Å²) < 4.78 is 12.0. The number of para-hydroxylation sites is 5. The molecule has 16 aromatic rings. The maximum atomic E-state index is 6.02. The lowest BCUT2D eigenvalue weighted by atomic mass is 9.85. The van der Waals surface area contributed by atoms with Gasteiger partial charge in [0.25, 0.3) is 0 Å². The fourth-order valence-electron chi connectivity index (χ4n) is 11.5.